The van der Waals surface area contributed by atoms with Crippen LogP contribution in [0.3, 0.4) is 0 Å². The number of aliphatic hydroxyl groups is 1. The summed E-state index contributed by atoms with van der Waals surface area (Å²) < 4.78 is 20.3. The molecule has 2 saturated heterocycles. The number of ether oxygens (including phenoxy) is 2. The quantitative estimate of drug-likeness (QED) is 0.353. The zero-order valence-electron chi connectivity index (χ0n) is 26.7. The molecule has 2 heterocycles. The maximum absolute atomic E-state index is 10.8. The van der Waals surface area contributed by atoms with Crippen LogP contribution >= 0.6 is 0 Å². The highest BCUT2D eigenvalue weighted by atomic mass is 28.4. The predicted molar refractivity (Wildman–Crippen MR) is 161 cm³/mol. The lowest BCUT2D eigenvalue weighted by atomic mass is 9.48. The van der Waals surface area contributed by atoms with Gasteiger partial charge in [0.05, 0.1) is 18.8 Å². The largest absolute Gasteiger partial charge is 0.417 e. The van der Waals surface area contributed by atoms with E-state index in [2.05, 4.69) is 61.6 Å². The molecule has 1 spiro atoms. The van der Waals surface area contributed by atoms with Gasteiger partial charge >= 0.3 is 0 Å². The molecular weight excluding hydrogens is 502 g/mol. The maximum atomic E-state index is 10.8. The van der Waals surface area contributed by atoms with E-state index < -0.39 is 8.32 Å². The fourth-order valence-electron chi connectivity index (χ4n) is 10.1. The molecule has 0 aromatic rings. The maximum Gasteiger partial charge on any atom is 0.191 e. The van der Waals surface area contributed by atoms with Crippen LogP contribution in [0.5, 0.6) is 0 Å². The molecule has 226 valence electrons. The van der Waals surface area contributed by atoms with Gasteiger partial charge in [-0.3, -0.25) is 0 Å². The van der Waals surface area contributed by atoms with E-state index in [1.165, 1.54) is 19.3 Å². The standard InChI is InChI=1S/C33H61NO4Si/c1-21-10-15-33(36-19-21)22(2)29-28(38-33)17-27-25(18-34)26(12-14-32(27,29)7)31(6)13-11-24(35)16-23(31)20-37-39(8,9)30(3,4)5/h21-29,35H,10-20,34H2,1-9H3/t21?,22-,23+,24-,25+,26-,27-,28-,29-,31-,32-,33+/m0/s1. The van der Waals surface area contributed by atoms with Crippen molar-refractivity contribution in [3.8, 4) is 0 Å². The molecule has 12 atom stereocenters. The van der Waals surface area contributed by atoms with Crippen molar-refractivity contribution in [2.75, 3.05) is 19.8 Å². The molecule has 5 nitrogen and oxygen atoms in total. The third-order valence-corrected chi connectivity index (χ3v) is 18.3. The van der Waals surface area contributed by atoms with Crippen LogP contribution < -0.4 is 5.73 Å². The average molecular weight is 564 g/mol. The molecule has 5 fully saturated rings. The van der Waals surface area contributed by atoms with Crippen molar-refractivity contribution >= 4 is 8.32 Å². The van der Waals surface area contributed by atoms with Gasteiger partial charge in [-0.2, -0.15) is 0 Å². The van der Waals surface area contributed by atoms with Crippen LogP contribution in [-0.2, 0) is 13.9 Å². The molecule has 5 rings (SSSR count). The Morgan fingerprint density at radius 2 is 1.67 bits per heavy atom. The third kappa shape index (κ3) is 4.93. The molecule has 0 amide bonds. The summed E-state index contributed by atoms with van der Waals surface area (Å²) >= 11 is 0. The molecule has 3 N–H and O–H groups in total. The lowest BCUT2D eigenvalue weighted by molar-refractivity contribution is -0.272. The van der Waals surface area contributed by atoms with E-state index in [-0.39, 0.29) is 27.8 Å². The van der Waals surface area contributed by atoms with E-state index in [0.29, 0.717) is 47.5 Å². The van der Waals surface area contributed by atoms with Crippen molar-refractivity contribution in [2.24, 2.45) is 58.0 Å². The summed E-state index contributed by atoms with van der Waals surface area (Å²) in [5.74, 6) is 3.34. The first-order valence-electron chi connectivity index (χ1n) is 16.4. The van der Waals surface area contributed by atoms with Gasteiger partial charge in [0.25, 0.3) is 0 Å². The predicted octanol–water partition coefficient (Wildman–Crippen LogP) is 6.98. The van der Waals surface area contributed by atoms with Gasteiger partial charge in [-0.25, -0.2) is 0 Å². The summed E-state index contributed by atoms with van der Waals surface area (Å²) in [7, 11) is -1.86. The van der Waals surface area contributed by atoms with Gasteiger partial charge in [-0.15, -0.1) is 0 Å². The topological polar surface area (TPSA) is 73.9 Å². The van der Waals surface area contributed by atoms with Gasteiger partial charge in [-0.05, 0) is 116 Å². The summed E-state index contributed by atoms with van der Waals surface area (Å²) in [6.07, 6.45) is 8.83. The van der Waals surface area contributed by atoms with Crippen LogP contribution in [0.25, 0.3) is 0 Å². The number of hydrogen-bond donors (Lipinski definition) is 2. The Morgan fingerprint density at radius 3 is 2.28 bits per heavy atom. The second kappa shape index (κ2) is 10.3. The molecule has 0 aromatic carbocycles. The van der Waals surface area contributed by atoms with E-state index in [1.54, 1.807) is 0 Å². The van der Waals surface area contributed by atoms with Gasteiger partial charge in [-0.1, -0.05) is 48.5 Å². The molecule has 0 bridgehead atoms. The highest BCUT2D eigenvalue weighted by molar-refractivity contribution is 6.74. The highest BCUT2D eigenvalue weighted by Crippen LogP contribution is 2.69. The Morgan fingerprint density at radius 1 is 0.974 bits per heavy atom. The van der Waals surface area contributed by atoms with E-state index in [4.69, 9.17) is 19.6 Å². The van der Waals surface area contributed by atoms with Crippen molar-refractivity contribution in [3.63, 3.8) is 0 Å². The first kappa shape index (κ1) is 30.5. The molecule has 1 unspecified atom stereocenters. The normalized spacial score (nSPS) is 50.7. The van der Waals surface area contributed by atoms with E-state index in [0.717, 1.165) is 51.9 Å². The molecule has 0 radical (unpaired) electrons. The van der Waals surface area contributed by atoms with Crippen LogP contribution in [0.2, 0.25) is 18.1 Å². The zero-order valence-corrected chi connectivity index (χ0v) is 27.7. The smallest absolute Gasteiger partial charge is 0.191 e. The van der Waals surface area contributed by atoms with Crippen LogP contribution in [-0.4, -0.2) is 51.2 Å². The summed E-state index contributed by atoms with van der Waals surface area (Å²) in [4.78, 5) is 0. The van der Waals surface area contributed by atoms with Crippen molar-refractivity contribution in [3.05, 3.63) is 0 Å². The molecule has 2 aliphatic heterocycles. The van der Waals surface area contributed by atoms with Crippen LogP contribution in [0, 0.1) is 52.3 Å². The summed E-state index contributed by atoms with van der Waals surface area (Å²) in [6.45, 7) is 23.9. The minimum atomic E-state index is -1.86. The zero-order chi connectivity index (χ0) is 28.6. The number of aliphatic hydroxyl groups excluding tert-OH is 1. The number of fused-ring (bicyclic) bond motifs is 3. The van der Waals surface area contributed by atoms with Crippen molar-refractivity contribution in [2.45, 2.75) is 136 Å². The summed E-state index contributed by atoms with van der Waals surface area (Å²) in [5, 5.41) is 11.0. The SMILES string of the molecule is CC1CC[C@@]2(OC1)O[C@H]1C[C@H]3[C@H](CN)[C@@H]([C@@]4(C)CC[C@H](O)C[C@@H]4CO[Si](C)(C)C(C)(C)C)CC[C@]3(C)[C@H]1[C@@H]2C. The van der Waals surface area contributed by atoms with Crippen LogP contribution in [0.4, 0.5) is 0 Å². The molecule has 6 heteroatoms. The minimum absolute atomic E-state index is 0.154. The van der Waals surface area contributed by atoms with Gasteiger partial charge in [0.15, 0.2) is 14.1 Å². The molecule has 5 aliphatic rings. The molecule has 3 saturated carbocycles. The lowest BCUT2D eigenvalue weighted by Gasteiger charge is -2.58. The van der Waals surface area contributed by atoms with Gasteiger partial charge in [0.2, 0.25) is 0 Å². The Bertz CT molecular complexity index is 881. The number of rotatable bonds is 5. The highest BCUT2D eigenvalue weighted by Gasteiger charge is 2.68. The first-order valence-corrected chi connectivity index (χ1v) is 19.3. The molecule has 0 aromatic heterocycles. The lowest BCUT2D eigenvalue weighted by Crippen LogP contribution is -2.55. The Kier molecular flexibility index (Phi) is 8.07. The van der Waals surface area contributed by atoms with E-state index in [1.807, 2.05) is 0 Å². The van der Waals surface area contributed by atoms with Gasteiger partial charge in [0, 0.05) is 18.9 Å². The average Bonchev–Trinajstić information content (AvgIpc) is 3.30. The number of hydrogen-bond acceptors (Lipinski definition) is 5. The van der Waals surface area contributed by atoms with E-state index in [9.17, 15) is 5.11 Å². The van der Waals surface area contributed by atoms with Crippen molar-refractivity contribution < 1.29 is 19.0 Å². The fraction of sp³-hybridized carbons (Fsp3) is 1.00. The van der Waals surface area contributed by atoms with Crippen LogP contribution in [0.15, 0.2) is 0 Å². The van der Waals surface area contributed by atoms with Crippen molar-refractivity contribution in [1.29, 1.82) is 0 Å². The summed E-state index contributed by atoms with van der Waals surface area (Å²) in [5.41, 5.74) is 7.16. The molecular formula is C33H61NO4Si. The van der Waals surface area contributed by atoms with Crippen molar-refractivity contribution in [1.82, 2.24) is 0 Å². The monoisotopic (exact) mass is 563 g/mol. The van der Waals surface area contributed by atoms with Gasteiger partial charge in [0.1, 0.15) is 0 Å². The Labute approximate surface area is 240 Å². The number of nitrogens with two attached hydrogens (primary N) is 1. The Hall–Kier alpha value is 0.0169. The first-order chi connectivity index (χ1) is 18.1. The third-order valence-electron chi connectivity index (χ3n) is 13.8. The molecule has 39 heavy (non-hydrogen) atoms. The molecule has 3 aliphatic carbocycles. The summed E-state index contributed by atoms with van der Waals surface area (Å²) in [6, 6.07) is 0. The fourth-order valence-corrected chi connectivity index (χ4v) is 11.2. The van der Waals surface area contributed by atoms with E-state index >= 15 is 0 Å². The van der Waals surface area contributed by atoms with Gasteiger partial charge < -0.3 is 24.7 Å². The second-order valence-electron chi connectivity index (χ2n) is 16.8. The Balaban J connectivity index is 1.37. The second-order valence-corrected chi connectivity index (χ2v) is 21.6. The minimum Gasteiger partial charge on any atom is -0.417 e. The van der Waals surface area contributed by atoms with Crippen LogP contribution in [0.1, 0.15) is 99.8 Å².